The molecule has 4 nitrogen and oxygen atoms in total. The normalized spacial score (nSPS) is 23.9. The maximum atomic E-state index is 5.66. The Morgan fingerprint density at radius 3 is 2.88 bits per heavy atom. The summed E-state index contributed by atoms with van der Waals surface area (Å²) in [5.41, 5.74) is 3.60. The summed E-state index contributed by atoms with van der Waals surface area (Å²) in [5, 5.41) is 7.38. The highest BCUT2D eigenvalue weighted by molar-refractivity contribution is 5.27. The number of hydrogen-bond acceptors (Lipinski definition) is 3. The van der Waals surface area contributed by atoms with Gasteiger partial charge in [-0.2, -0.15) is 5.10 Å². The summed E-state index contributed by atoms with van der Waals surface area (Å²) >= 11 is 0. The molecule has 0 spiro atoms. The lowest BCUT2D eigenvalue weighted by molar-refractivity contribution is -0.0278. The van der Waals surface area contributed by atoms with E-state index < -0.39 is 0 Å². The van der Waals surface area contributed by atoms with Crippen LogP contribution >= 0.6 is 0 Å². The van der Waals surface area contributed by atoms with Crippen LogP contribution < -0.4 is 0 Å². The van der Waals surface area contributed by atoms with Gasteiger partial charge in [-0.3, -0.25) is 10.00 Å². The fourth-order valence-corrected chi connectivity index (χ4v) is 2.68. The van der Waals surface area contributed by atoms with Crippen molar-refractivity contribution in [3.05, 3.63) is 17.0 Å². The number of rotatable bonds is 3. The van der Waals surface area contributed by atoms with Crippen LogP contribution in [0, 0.1) is 13.8 Å². The van der Waals surface area contributed by atoms with Crippen molar-refractivity contribution in [2.75, 3.05) is 19.8 Å². The van der Waals surface area contributed by atoms with Gasteiger partial charge >= 0.3 is 0 Å². The molecule has 0 bridgehead atoms. The Hall–Kier alpha value is -0.870. The zero-order valence-electron chi connectivity index (χ0n) is 11.3. The van der Waals surface area contributed by atoms with Gasteiger partial charge in [0.1, 0.15) is 0 Å². The summed E-state index contributed by atoms with van der Waals surface area (Å²) in [4.78, 5) is 2.55. The van der Waals surface area contributed by atoms with Crippen molar-refractivity contribution in [1.29, 1.82) is 0 Å². The first-order chi connectivity index (χ1) is 8.15. The highest BCUT2D eigenvalue weighted by atomic mass is 16.5. The summed E-state index contributed by atoms with van der Waals surface area (Å²) in [5.74, 6) is 0. The molecule has 1 aromatic heterocycles. The molecule has 1 N–H and O–H groups in total. The summed E-state index contributed by atoms with van der Waals surface area (Å²) < 4.78 is 5.66. The van der Waals surface area contributed by atoms with Crippen molar-refractivity contribution < 1.29 is 4.74 Å². The van der Waals surface area contributed by atoms with Crippen molar-refractivity contribution in [2.45, 2.75) is 46.2 Å². The zero-order chi connectivity index (χ0) is 12.4. The topological polar surface area (TPSA) is 41.1 Å². The lowest BCUT2D eigenvalue weighted by atomic mass is 10.0. The third kappa shape index (κ3) is 2.38. The molecular weight excluding hydrogens is 214 g/mol. The molecule has 1 aliphatic rings. The van der Waals surface area contributed by atoms with Gasteiger partial charge < -0.3 is 4.74 Å². The Bertz CT molecular complexity index is 355. The molecule has 0 aliphatic carbocycles. The van der Waals surface area contributed by atoms with E-state index in [1.807, 2.05) is 0 Å². The number of aryl methyl sites for hydroxylation is 2. The van der Waals surface area contributed by atoms with Gasteiger partial charge in [-0.25, -0.2) is 0 Å². The highest BCUT2D eigenvalue weighted by Crippen LogP contribution is 2.30. The van der Waals surface area contributed by atoms with Crippen LogP contribution in [0.15, 0.2) is 0 Å². The molecule has 0 aromatic carbocycles. The van der Waals surface area contributed by atoms with Crippen molar-refractivity contribution in [1.82, 2.24) is 15.1 Å². The minimum absolute atomic E-state index is 0.359. The van der Waals surface area contributed by atoms with Gasteiger partial charge in [0.2, 0.25) is 0 Å². The zero-order valence-corrected chi connectivity index (χ0v) is 11.3. The Labute approximate surface area is 103 Å². The van der Waals surface area contributed by atoms with Crippen molar-refractivity contribution in [3.8, 4) is 0 Å². The molecule has 1 aliphatic heterocycles. The van der Waals surface area contributed by atoms with Crippen LogP contribution in [0.4, 0.5) is 0 Å². The largest absolute Gasteiger partial charge is 0.378 e. The maximum Gasteiger partial charge on any atom is 0.0665 e. The van der Waals surface area contributed by atoms with Crippen LogP contribution in [0.1, 0.15) is 43.3 Å². The molecule has 0 amide bonds. The number of H-pyrrole nitrogens is 1. The molecule has 96 valence electrons. The SMILES string of the molecule is CC[C@@H](C)N1CCOC[C@H]1c1c(C)n[nH]c1C. The smallest absolute Gasteiger partial charge is 0.0665 e. The molecule has 2 atom stereocenters. The highest BCUT2D eigenvalue weighted by Gasteiger charge is 2.30. The molecule has 1 aromatic rings. The van der Waals surface area contributed by atoms with Gasteiger partial charge in [-0.05, 0) is 27.2 Å². The van der Waals surface area contributed by atoms with Crippen LogP contribution in [0.5, 0.6) is 0 Å². The average molecular weight is 237 g/mol. The minimum Gasteiger partial charge on any atom is -0.378 e. The molecule has 2 heterocycles. The van der Waals surface area contributed by atoms with E-state index >= 15 is 0 Å². The van der Waals surface area contributed by atoms with E-state index in [-0.39, 0.29) is 0 Å². The molecule has 0 saturated carbocycles. The van der Waals surface area contributed by atoms with Crippen LogP contribution in [-0.2, 0) is 4.74 Å². The van der Waals surface area contributed by atoms with Crippen molar-refractivity contribution >= 4 is 0 Å². The molecule has 4 heteroatoms. The molecule has 0 unspecified atom stereocenters. The second-order valence-corrected chi connectivity index (χ2v) is 4.93. The molecule has 0 radical (unpaired) electrons. The summed E-state index contributed by atoms with van der Waals surface area (Å²) in [6.07, 6.45) is 1.17. The van der Waals surface area contributed by atoms with Gasteiger partial charge in [0.05, 0.1) is 24.9 Å². The summed E-state index contributed by atoms with van der Waals surface area (Å²) in [6, 6.07) is 0.954. The van der Waals surface area contributed by atoms with E-state index in [1.165, 1.54) is 17.7 Å². The molecular formula is C13H23N3O. The molecule has 1 fully saturated rings. The lowest BCUT2D eigenvalue weighted by Crippen LogP contribution is -2.44. The van der Waals surface area contributed by atoms with E-state index in [1.54, 1.807) is 0 Å². The Morgan fingerprint density at radius 1 is 1.53 bits per heavy atom. The fraction of sp³-hybridized carbons (Fsp3) is 0.769. The minimum atomic E-state index is 0.359. The second kappa shape index (κ2) is 5.19. The van der Waals surface area contributed by atoms with Gasteiger partial charge in [-0.1, -0.05) is 6.92 Å². The number of morpholine rings is 1. The third-order valence-corrected chi connectivity index (χ3v) is 3.85. The van der Waals surface area contributed by atoms with Gasteiger partial charge in [0.25, 0.3) is 0 Å². The number of nitrogens with one attached hydrogen (secondary N) is 1. The van der Waals surface area contributed by atoms with Crippen LogP contribution in [0.25, 0.3) is 0 Å². The fourth-order valence-electron chi connectivity index (χ4n) is 2.68. The van der Waals surface area contributed by atoms with E-state index in [4.69, 9.17) is 4.74 Å². The number of hydrogen-bond donors (Lipinski definition) is 1. The number of aromatic amines is 1. The lowest BCUT2D eigenvalue weighted by Gasteiger charge is -2.39. The van der Waals surface area contributed by atoms with Crippen molar-refractivity contribution in [2.24, 2.45) is 0 Å². The van der Waals surface area contributed by atoms with Gasteiger partial charge in [-0.15, -0.1) is 0 Å². The summed E-state index contributed by atoms with van der Waals surface area (Å²) in [7, 11) is 0. The number of nitrogens with zero attached hydrogens (tertiary/aromatic N) is 2. The molecule has 2 rings (SSSR count). The summed E-state index contributed by atoms with van der Waals surface area (Å²) in [6.45, 7) is 11.3. The first-order valence-electron chi connectivity index (χ1n) is 6.50. The average Bonchev–Trinajstić information content (AvgIpc) is 2.68. The Balaban J connectivity index is 2.28. The number of aromatic nitrogens is 2. The van der Waals surface area contributed by atoms with Crippen molar-refractivity contribution in [3.63, 3.8) is 0 Å². The number of ether oxygens (including phenoxy) is 1. The monoisotopic (exact) mass is 237 g/mol. The second-order valence-electron chi connectivity index (χ2n) is 4.93. The Morgan fingerprint density at radius 2 is 2.29 bits per heavy atom. The third-order valence-electron chi connectivity index (χ3n) is 3.85. The first kappa shape index (κ1) is 12.6. The van der Waals surface area contributed by atoms with E-state index in [2.05, 4.69) is 42.8 Å². The van der Waals surface area contributed by atoms with Crippen LogP contribution in [-0.4, -0.2) is 40.9 Å². The first-order valence-corrected chi connectivity index (χ1v) is 6.50. The van der Waals surface area contributed by atoms with Gasteiger partial charge in [0, 0.05) is 23.8 Å². The van der Waals surface area contributed by atoms with Crippen LogP contribution in [0.2, 0.25) is 0 Å². The quantitative estimate of drug-likeness (QED) is 0.876. The predicted octanol–water partition coefficient (Wildman–Crippen LogP) is 2.20. The molecule has 17 heavy (non-hydrogen) atoms. The van der Waals surface area contributed by atoms with Crippen LogP contribution in [0.3, 0.4) is 0 Å². The van der Waals surface area contributed by atoms with Gasteiger partial charge in [0.15, 0.2) is 0 Å². The predicted molar refractivity (Wildman–Crippen MR) is 68.1 cm³/mol. The molecule has 1 saturated heterocycles. The standard InChI is InChI=1S/C13H23N3O/c1-5-9(2)16-6-7-17-8-12(16)13-10(3)14-15-11(13)4/h9,12H,5-8H2,1-4H3,(H,14,15)/t9-,12+/m1/s1. The maximum absolute atomic E-state index is 5.66. The van der Waals surface area contributed by atoms with E-state index in [0.29, 0.717) is 12.1 Å². The van der Waals surface area contributed by atoms with E-state index in [9.17, 15) is 0 Å². The Kier molecular flexibility index (Phi) is 3.84. The van der Waals surface area contributed by atoms with E-state index in [0.717, 1.165) is 25.5 Å².